The van der Waals surface area contributed by atoms with Crippen LogP contribution in [0, 0.1) is 0 Å². The molecule has 0 atom stereocenters. The van der Waals surface area contributed by atoms with Crippen molar-refractivity contribution in [2.45, 2.75) is 0 Å². The van der Waals surface area contributed by atoms with Crippen molar-refractivity contribution in [3.05, 3.63) is 12.7 Å². The second-order valence-corrected chi connectivity index (χ2v) is 3.71. The Hall–Kier alpha value is -0.950. The van der Waals surface area contributed by atoms with E-state index >= 15 is 0 Å². The summed E-state index contributed by atoms with van der Waals surface area (Å²) in [5, 5.41) is 32.8. The Morgan fingerprint density at radius 1 is 1.19 bits per heavy atom. The number of quaternary nitrogens is 1. The van der Waals surface area contributed by atoms with Gasteiger partial charge in [-0.1, -0.05) is 6.58 Å². The summed E-state index contributed by atoms with van der Waals surface area (Å²) >= 11 is 0. The molecule has 0 amide bonds. The zero-order valence-corrected chi connectivity index (χ0v) is 10.2. The molecule has 98 valence electrons. The molecule has 0 heterocycles. The lowest BCUT2D eigenvalue weighted by molar-refractivity contribution is -0.870. The summed E-state index contributed by atoms with van der Waals surface area (Å²) in [7, 11) is 6.16. The lowest BCUT2D eigenvalue weighted by atomic mass is 10.5. The molecule has 3 N–H and O–H groups in total. The van der Waals surface area contributed by atoms with Gasteiger partial charge in [-0.3, -0.25) is 0 Å². The molecular formula is C10H23NO5. The SMILES string of the molecule is C=CC(=O)[O-].C[N+](C)(C)CCO.OCCO. The average Bonchev–Trinajstić information content (AvgIpc) is 2.17. The first-order valence-electron chi connectivity index (χ1n) is 4.71. The number of carboxylic acids is 1. The maximum atomic E-state index is 9.14. The number of aliphatic carboxylic acids is 1. The maximum absolute atomic E-state index is 9.14. The smallest absolute Gasteiger partial charge is 0.101 e. The topological polar surface area (TPSA) is 101 Å². The molecule has 0 aliphatic carbocycles. The Morgan fingerprint density at radius 2 is 1.50 bits per heavy atom. The Labute approximate surface area is 96.7 Å². The van der Waals surface area contributed by atoms with E-state index in [4.69, 9.17) is 25.2 Å². The van der Waals surface area contributed by atoms with E-state index in [1.807, 2.05) is 0 Å². The van der Waals surface area contributed by atoms with Crippen molar-refractivity contribution < 1.29 is 29.7 Å². The number of aliphatic hydroxyl groups is 3. The number of hydrogen-bond donors (Lipinski definition) is 3. The van der Waals surface area contributed by atoms with Crippen molar-refractivity contribution >= 4 is 5.97 Å². The van der Waals surface area contributed by atoms with Crippen LogP contribution < -0.4 is 5.11 Å². The van der Waals surface area contributed by atoms with Crippen LogP contribution in [-0.4, -0.2) is 73.3 Å². The Bertz CT molecular complexity index is 163. The van der Waals surface area contributed by atoms with Gasteiger partial charge in [-0.2, -0.15) is 0 Å². The first kappa shape index (κ1) is 20.5. The van der Waals surface area contributed by atoms with Gasteiger partial charge in [0.15, 0.2) is 0 Å². The molecule has 6 heteroatoms. The number of aliphatic hydroxyl groups excluding tert-OH is 3. The minimum absolute atomic E-state index is 0.125. The predicted molar refractivity (Wildman–Crippen MR) is 59.4 cm³/mol. The Kier molecular flexibility index (Phi) is 18.0. The molecule has 0 spiro atoms. The third kappa shape index (κ3) is 51.8. The van der Waals surface area contributed by atoms with Gasteiger partial charge in [0.25, 0.3) is 0 Å². The van der Waals surface area contributed by atoms with Crippen LogP contribution in [0.15, 0.2) is 12.7 Å². The average molecular weight is 237 g/mol. The Morgan fingerprint density at radius 3 is 1.50 bits per heavy atom. The molecule has 0 aromatic carbocycles. The van der Waals surface area contributed by atoms with E-state index < -0.39 is 5.97 Å². The molecule has 0 aromatic rings. The summed E-state index contributed by atoms with van der Waals surface area (Å²) in [6.07, 6.45) is 0.722. The largest absolute Gasteiger partial charge is 0.545 e. The van der Waals surface area contributed by atoms with Gasteiger partial charge in [0, 0.05) is 0 Å². The van der Waals surface area contributed by atoms with Crippen LogP contribution in [0.3, 0.4) is 0 Å². The van der Waals surface area contributed by atoms with Gasteiger partial charge in [0.05, 0.1) is 46.9 Å². The number of likely N-dealkylation sites (N-methyl/N-ethyl adjacent to an activating group) is 1. The second kappa shape index (κ2) is 14.1. The summed E-state index contributed by atoms with van der Waals surface area (Å²) in [4.78, 5) is 9.14. The molecule has 0 saturated carbocycles. The zero-order chi connectivity index (χ0) is 13.6. The van der Waals surface area contributed by atoms with Crippen LogP contribution in [0.2, 0.25) is 0 Å². The highest BCUT2D eigenvalue weighted by Gasteiger charge is 2.02. The lowest BCUT2D eigenvalue weighted by Gasteiger charge is -2.21. The van der Waals surface area contributed by atoms with E-state index in [-0.39, 0.29) is 19.8 Å². The molecule has 0 aromatic heterocycles. The third-order valence-corrected chi connectivity index (χ3v) is 1.04. The number of carbonyl (C=O) groups excluding carboxylic acids is 1. The lowest BCUT2D eigenvalue weighted by Crippen LogP contribution is -2.36. The highest BCUT2D eigenvalue weighted by atomic mass is 16.4. The number of hydrogen-bond acceptors (Lipinski definition) is 5. The van der Waals surface area contributed by atoms with Gasteiger partial charge >= 0.3 is 0 Å². The molecule has 0 aliphatic rings. The summed E-state index contributed by atoms with van der Waals surface area (Å²) < 4.78 is 0.844. The second-order valence-electron chi connectivity index (χ2n) is 3.71. The van der Waals surface area contributed by atoms with E-state index in [0.717, 1.165) is 17.1 Å². The van der Waals surface area contributed by atoms with E-state index in [1.165, 1.54) is 0 Å². The molecule has 0 aliphatic heterocycles. The molecule has 16 heavy (non-hydrogen) atoms. The summed E-state index contributed by atoms with van der Waals surface area (Å²) in [6, 6.07) is 0. The fraction of sp³-hybridized carbons (Fsp3) is 0.700. The molecule has 0 rings (SSSR count). The number of carbonyl (C=O) groups is 1. The third-order valence-electron chi connectivity index (χ3n) is 1.04. The molecular weight excluding hydrogens is 214 g/mol. The van der Waals surface area contributed by atoms with Crippen molar-refractivity contribution in [1.29, 1.82) is 0 Å². The highest BCUT2D eigenvalue weighted by Crippen LogP contribution is 1.84. The molecule has 0 saturated heterocycles. The first-order chi connectivity index (χ1) is 7.24. The standard InChI is InChI=1S/C5H14NO.C3H4O2.C2H6O2/c1-6(2,3)4-5-7;1-2-3(4)5;3-1-2-4/h7H,4-5H2,1-3H3;2H,1H2,(H,4,5);3-4H,1-2H2/q+1;;/p-1. The fourth-order valence-corrected chi connectivity index (χ4v) is 0.300. The summed E-state index contributed by atoms with van der Waals surface area (Å²) in [5.41, 5.74) is 0. The van der Waals surface area contributed by atoms with E-state index in [9.17, 15) is 0 Å². The zero-order valence-electron chi connectivity index (χ0n) is 10.2. The molecule has 0 radical (unpaired) electrons. The normalized spacial score (nSPS) is 9.12. The minimum Gasteiger partial charge on any atom is -0.545 e. The van der Waals surface area contributed by atoms with Crippen LogP contribution in [0.4, 0.5) is 0 Å². The quantitative estimate of drug-likeness (QED) is 0.373. The van der Waals surface area contributed by atoms with Gasteiger partial charge in [-0.05, 0) is 6.08 Å². The maximum Gasteiger partial charge on any atom is 0.101 e. The van der Waals surface area contributed by atoms with Crippen LogP contribution in [0.1, 0.15) is 0 Å². The monoisotopic (exact) mass is 237 g/mol. The molecule has 0 unspecified atom stereocenters. The predicted octanol–water partition coefficient (Wildman–Crippen LogP) is -2.42. The molecule has 0 bridgehead atoms. The van der Waals surface area contributed by atoms with Gasteiger partial charge in [-0.15, -0.1) is 0 Å². The first-order valence-corrected chi connectivity index (χ1v) is 4.71. The van der Waals surface area contributed by atoms with Crippen LogP contribution >= 0.6 is 0 Å². The molecule has 6 nitrogen and oxygen atoms in total. The molecule has 0 fully saturated rings. The minimum atomic E-state index is -1.23. The number of rotatable bonds is 4. The fourth-order valence-electron chi connectivity index (χ4n) is 0.300. The van der Waals surface area contributed by atoms with Crippen LogP contribution in [-0.2, 0) is 4.79 Å². The summed E-state index contributed by atoms with van der Waals surface area (Å²) in [6.45, 7) is 3.76. The van der Waals surface area contributed by atoms with E-state index in [2.05, 4.69) is 27.7 Å². The van der Waals surface area contributed by atoms with Crippen molar-refractivity contribution in [1.82, 2.24) is 0 Å². The van der Waals surface area contributed by atoms with Gasteiger partial charge in [-0.25, -0.2) is 0 Å². The number of nitrogens with zero attached hydrogens (tertiary/aromatic N) is 1. The van der Waals surface area contributed by atoms with Gasteiger partial charge in [0.2, 0.25) is 0 Å². The van der Waals surface area contributed by atoms with Gasteiger partial charge < -0.3 is 29.7 Å². The summed E-state index contributed by atoms with van der Waals surface area (Å²) in [5.74, 6) is -1.23. The van der Waals surface area contributed by atoms with Gasteiger partial charge in [0.1, 0.15) is 6.54 Å². The van der Waals surface area contributed by atoms with Crippen molar-refractivity contribution in [3.8, 4) is 0 Å². The van der Waals surface area contributed by atoms with Crippen molar-refractivity contribution in [3.63, 3.8) is 0 Å². The van der Waals surface area contributed by atoms with E-state index in [0.29, 0.717) is 0 Å². The van der Waals surface area contributed by atoms with E-state index in [1.54, 1.807) is 0 Å². The highest BCUT2D eigenvalue weighted by molar-refractivity contribution is 5.76. The van der Waals surface area contributed by atoms with Crippen molar-refractivity contribution in [2.24, 2.45) is 0 Å². The van der Waals surface area contributed by atoms with Crippen LogP contribution in [0.25, 0.3) is 0 Å². The number of carboxylic acid groups (broad SMARTS) is 1. The Balaban J connectivity index is -0.000000166. The van der Waals surface area contributed by atoms with Crippen LogP contribution in [0.5, 0.6) is 0 Å². The van der Waals surface area contributed by atoms with Crippen molar-refractivity contribution in [2.75, 3.05) is 47.5 Å².